The molecule has 4 heteroatoms. The SMILES string of the molecule is CC1=NC(O)=CN(c2ccccn2)C1. The van der Waals surface area contributed by atoms with Crippen LogP contribution < -0.4 is 4.90 Å². The van der Waals surface area contributed by atoms with Gasteiger partial charge < -0.3 is 10.0 Å². The normalized spacial score (nSPS) is 16.2. The van der Waals surface area contributed by atoms with Crippen molar-refractivity contribution in [2.45, 2.75) is 6.92 Å². The van der Waals surface area contributed by atoms with Gasteiger partial charge in [0.05, 0.1) is 12.7 Å². The zero-order chi connectivity index (χ0) is 9.97. The summed E-state index contributed by atoms with van der Waals surface area (Å²) < 4.78 is 0. The first-order valence-corrected chi connectivity index (χ1v) is 4.38. The Morgan fingerprint density at radius 1 is 1.43 bits per heavy atom. The number of aromatic nitrogens is 1. The van der Waals surface area contributed by atoms with E-state index in [9.17, 15) is 5.11 Å². The van der Waals surface area contributed by atoms with E-state index in [2.05, 4.69) is 9.98 Å². The lowest BCUT2D eigenvalue weighted by Crippen LogP contribution is -2.27. The highest BCUT2D eigenvalue weighted by Crippen LogP contribution is 2.14. The molecule has 2 rings (SSSR count). The van der Waals surface area contributed by atoms with Gasteiger partial charge in [-0.05, 0) is 19.1 Å². The van der Waals surface area contributed by atoms with Crippen LogP contribution in [0.25, 0.3) is 0 Å². The summed E-state index contributed by atoms with van der Waals surface area (Å²) >= 11 is 0. The molecule has 0 saturated heterocycles. The van der Waals surface area contributed by atoms with Crippen LogP contribution in [0.5, 0.6) is 0 Å². The molecule has 0 saturated carbocycles. The minimum Gasteiger partial charge on any atom is -0.492 e. The maximum absolute atomic E-state index is 9.32. The number of aliphatic hydroxyl groups is 1. The minimum atomic E-state index is 0.0272. The fourth-order valence-electron chi connectivity index (χ4n) is 1.36. The van der Waals surface area contributed by atoms with Crippen LogP contribution in [0, 0.1) is 0 Å². The topological polar surface area (TPSA) is 48.7 Å². The van der Waals surface area contributed by atoms with E-state index in [0.29, 0.717) is 6.54 Å². The van der Waals surface area contributed by atoms with Crippen LogP contribution in [0.3, 0.4) is 0 Å². The van der Waals surface area contributed by atoms with Gasteiger partial charge in [0.2, 0.25) is 5.88 Å². The third-order valence-corrected chi connectivity index (χ3v) is 1.92. The molecule has 14 heavy (non-hydrogen) atoms. The number of rotatable bonds is 1. The fraction of sp³-hybridized carbons (Fsp3) is 0.200. The highest BCUT2D eigenvalue weighted by atomic mass is 16.3. The van der Waals surface area contributed by atoms with Crippen LogP contribution in [0.4, 0.5) is 5.82 Å². The lowest BCUT2D eigenvalue weighted by molar-refractivity contribution is 0.402. The summed E-state index contributed by atoms with van der Waals surface area (Å²) in [6, 6.07) is 5.66. The number of aliphatic hydroxyl groups excluding tert-OH is 1. The molecule has 0 bridgehead atoms. The Balaban J connectivity index is 2.27. The molecule has 1 N–H and O–H groups in total. The van der Waals surface area contributed by atoms with Crippen LogP contribution in [0.15, 0.2) is 41.5 Å². The number of hydrogen-bond acceptors (Lipinski definition) is 4. The van der Waals surface area contributed by atoms with Crippen molar-refractivity contribution in [3.63, 3.8) is 0 Å². The summed E-state index contributed by atoms with van der Waals surface area (Å²) in [5.41, 5.74) is 0.871. The van der Waals surface area contributed by atoms with E-state index < -0.39 is 0 Å². The molecule has 4 nitrogen and oxygen atoms in total. The Morgan fingerprint density at radius 2 is 2.29 bits per heavy atom. The average Bonchev–Trinajstić information content (AvgIpc) is 2.18. The minimum absolute atomic E-state index is 0.0272. The standard InChI is InChI=1S/C10H11N3O/c1-8-6-13(7-10(14)12-8)9-4-2-3-5-11-9/h2-5,7,14H,6H2,1H3. The molecular formula is C10H11N3O. The maximum Gasteiger partial charge on any atom is 0.227 e. The van der Waals surface area contributed by atoms with E-state index >= 15 is 0 Å². The predicted octanol–water partition coefficient (Wildman–Crippen LogP) is 1.72. The Hall–Kier alpha value is -1.84. The van der Waals surface area contributed by atoms with Crippen molar-refractivity contribution in [3.8, 4) is 0 Å². The first kappa shape index (κ1) is 8.74. The van der Waals surface area contributed by atoms with Crippen molar-refractivity contribution in [1.82, 2.24) is 4.98 Å². The van der Waals surface area contributed by atoms with Crippen LogP contribution >= 0.6 is 0 Å². The van der Waals surface area contributed by atoms with Gasteiger partial charge in [0.25, 0.3) is 0 Å². The molecule has 1 aromatic heterocycles. The smallest absolute Gasteiger partial charge is 0.227 e. The van der Waals surface area contributed by atoms with Crippen molar-refractivity contribution < 1.29 is 5.11 Å². The molecule has 0 aromatic carbocycles. The molecular weight excluding hydrogens is 178 g/mol. The summed E-state index contributed by atoms with van der Waals surface area (Å²) in [6.07, 6.45) is 3.30. The second-order valence-corrected chi connectivity index (χ2v) is 3.15. The third kappa shape index (κ3) is 1.74. The largest absolute Gasteiger partial charge is 0.492 e. The van der Waals surface area contributed by atoms with E-state index in [1.165, 1.54) is 0 Å². The van der Waals surface area contributed by atoms with Gasteiger partial charge >= 0.3 is 0 Å². The molecule has 0 unspecified atom stereocenters. The zero-order valence-corrected chi connectivity index (χ0v) is 7.88. The maximum atomic E-state index is 9.32. The van der Waals surface area contributed by atoms with Gasteiger partial charge in [-0.25, -0.2) is 9.98 Å². The van der Waals surface area contributed by atoms with Crippen LogP contribution in [0.1, 0.15) is 6.92 Å². The molecule has 0 aliphatic carbocycles. The number of pyridine rings is 1. The van der Waals surface area contributed by atoms with Crippen molar-refractivity contribution in [3.05, 3.63) is 36.5 Å². The van der Waals surface area contributed by atoms with E-state index in [-0.39, 0.29) is 5.88 Å². The Labute approximate surface area is 82.2 Å². The number of nitrogens with zero attached hydrogens (tertiary/aromatic N) is 3. The van der Waals surface area contributed by atoms with Gasteiger partial charge in [-0.15, -0.1) is 0 Å². The monoisotopic (exact) mass is 189 g/mol. The highest BCUT2D eigenvalue weighted by molar-refractivity contribution is 5.88. The van der Waals surface area contributed by atoms with Crippen molar-refractivity contribution in [2.24, 2.45) is 4.99 Å². The van der Waals surface area contributed by atoms with Crippen molar-refractivity contribution >= 4 is 11.5 Å². The molecule has 1 aromatic rings. The van der Waals surface area contributed by atoms with E-state index in [1.807, 2.05) is 30.0 Å². The molecule has 2 heterocycles. The quantitative estimate of drug-likeness (QED) is 0.731. The highest BCUT2D eigenvalue weighted by Gasteiger charge is 2.11. The lowest BCUT2D eigenvalue weighted by atomic mass is 10.3. The summed E-state index contributed by atoms with van der Waals surface area (Å²) in [4.78, 5) is 9.97. The fourth-order valence-corrected chi connectivity index (χ4v) is 1.36. The first-order valence-electron chi connectivity index (χ1n) is 4.38. The number of hydrogen-bond donors (Lipinski definition) is 1. The van der Waals surface area contributed by atoms with Crippen LogP contribution in [0.2, 0.25) is 0 Å². The number of anilines is 1. The average molecular weight is 189 g/mol. The predicted molar refractivity (Wildman–Crippen MR) is 55.4 cm³/mol. The first-order chi connectivity index (χ1) is 6.75. The number of aliphatic imine (C=N–C) groups is 1. The zero-order valence-electron chi connectivity index (χ0n) is 7.88. The molecule has 0 fully saturated rings. The van der Waals surface area contributed by atoms with Crippen LogP contribution in [-0.4, -0.2) is 22.3 Å². The molecule has 0 spiro atoms. The second-order valence-electron chi connectivity index (χ2n) is 3.15. The van der Waals surface area contributed by atoms with Gasteiger partial charge in [-0.3, -0.25) is 0 Å². The van der Waals surface area contributed by atoms with Gasteiger partial charge in [0.1, 0.15) is 5.82 Å². The van der Waals surface area contributed by atoms with Crippen LogP contribution in [-0.2, 0) is 0 Å². The summed E-state index contributed by atoms with van der Waals surface area (Å²) in [5, 5.41) is 9.32. The van der Waals surface area contributed by atoms with Gasteiger partial charge in [0.15, 0.2) is 0 Å². The van der Waals surface area contributed by atoms with Gasteiger partial charge in [0, 0.05) is 11.9 Å². The van der Waals surface area contributed by atoms with Gasteiger partial charge in [-0.1, -0.05) is 6.07 Å². The van der Waals surface area contributed by atoms with Crippen molar-refractivity contribution in [1.29, 1.82) is 0 Å². The lowest BCUT2D eigenvalue weighted by Gasteiger charge is -2.21. The van der Waals surface area contributed by atoms with E-state index in [1.54, 1.807) is 12.4 Å². The Kier molecular flexibility index (Phi) is 2.18. The summed E-state index contributed by atoms with van der Waals surface area (Å²) in [6.45, 7) is 2.54. The van der Waals surface area contributed by atoms with E-state index in [0.717, 1.165) is 11.5 Å². The molecule has 0 amide bonds. The molecule has 0 radical (unpaired) electrons. The third-order valence-electron chi connectivity index (χ3n) is 1.92. The summed E-state index contributed by atoms with van der Waals surface area (Å²) in [7, 11) is 0. The molecule has 72 valence electrons. The molecule has 1 aliphatic rings. The Bertz CT molecular complexity index is 384. The van der Waals surface area contributed by atoms with Crippen molar-refractivity contribution in [2.75, 3.05) is 11.4 Å². The molecule has 0 atom stereocenters. The van der Waals surface area contributed by atoms with E-state index in [4.69, 9.17) is 0 Å². The summed E-state index contributed by atoms with van der Waals surface area (Å²) in [5.74, 6) is 0.840. The second kappa shape index (κ2) is 3.49. The molecule has 1 aliphatic heterocycles. The van der Waals surface area contributed by atoms with Gasteiger partial charge in [-0.2, -0.15) is 0 Å². The Morgan fingerprint density at radius 3 is 2.93 bits per heavy atom.